The van der Waals surface area contributed by atoms with Crippen LogP contribution in [0.2, 0.25) is 0 Å². The van der Waals surface area contributed by atoms with Gasteiger partial charge in [0.2, 0.25) is 0 Å². The van der Waals surface area contributed by atoms with Crippen LogP contribution in [-0.2, 0) is 16.9 Å². The van der Waals surface area contributed by atoms with E-state index in [0.29, 0.717) is 0 Å². The van der Waals surface area contributed by atoms with Crippen molar-refractivity contribution >= 4 is 16.2 Å². The number of benzene rings is 2. The fourth-order valence-electron chi connectivity index (χ4n) is 1.74. The van der Waals surface area contributed by atoms with Crippen LogP contribution >= 0.6 is 0 Å². The summed E-state index contributed by atoms with van der Waals surface area (Å²) in [6, 6.07) is 16.1. The summed E-state index contributed by atoms with van der Waals surface area (Å²) >= 11 is 0. The number of rotatable bonds is 6. The number of halogens is 1. The van der Waals surface area contributed by atoms with E-state index in [0.717, 1.165) is 18.7 Å². The van der Waals surface area contributed by atoms with Gasteiger partial charge in [-0.3, -0.25) is 0 Å². The summed E-state index contributed by atoms with van der Waals surface area (Å²) in [5, 5.41) is 3.18. The lowest BCUT2D eigenvalue weighted by Crippen LogP contribution is -2.05. The molecule has 6 heteroatoms. The molecule has 2 aromatic carbocycles. The third-order valence-electron chi connectivity index (χ3n) is 2.64. The fourth-order valence-corrected chi connectivity index (χ4v) is 2.08. The van der Waals surface area contributed by atoms with Gasteiger partial charge in [0, 0.05) is 12.2 Å². The van der Waals surface area contributed by atoms with Gasteiger partial charge in [-0.2, -0.15) is 8.42 Å². The molecule has 0 aliphatic carbocycles. The lowest BCUT2D eigenvalue weighted by molar-refractivity contribution is 0.440. The van der Waals surface area contributed by atoms with E-state index in [9.17, 15) is 12.3 Å². The maximum atomic E-state index is 12.3. The molecule has 0 saturated heterocycles. The topological polar surface area (TPSA) is 55.4 Å². The first-order chi connectivity index (χ1) is 9.53. The van der Waals surface area contributed by atoms with Gasteiger partial charge < -0.3 is 9.50 Å². The third kappa shape index (κ3) is 4.89. The van der Waals surface area contributed by atoms with Crippen molar-refractivity contribution in [3.8, 4) is 5.75 Å². The zero-order chi connectivity index (χ0) is 14.4. The zero-order valence-corrected chi connectivity index (χ0v) is 11.4. The van der Waals surface area contributed by atoms with Crippen molar-refractivity contribution in [2.75, 3.05) is 11.9 Å². The van der Waals surface area contributed by atoms with Crippen molar-refractivity contribution in [3.63, 3.8) is 0 Å². The lowest BCUT2D eigenvalue weighted by atomic mass is 10.1. The SMILES string of the molecule is O=S(=O)(F)Oc1ccc(NCCc2ccccc2)cc1. The zero-order valence-electron chi connectivity index (χ0n) is 10.6. The Kier molecular flexibility index (Phi) is 4.57. The highest BCUT2D eigenvalue weighted by Gasteiger charge is 2.08. The highest BCUT2D eigenvalue weighted by atomic mass is 32.3. The molecule has 0 aromatic heterocycles. The van der Waals surface area contributed by atoms with Crippen LogP contribution in [-0.4, -0.2) is 15.0 Å². The van der Waals surface area contributed by atoms with Gasteiger partial charge in [0.15, 0.2) is 0 Å². The second kappa shape index (κ2) is 6.38. The van der Waals surface area contributed by atoms with Crippen molar-refractivity contribution in [1.82, 2.24) is 0 Å². The monoisotopic (exact) mass is 295 g/mol. The summed E-state index contributed by atoms with van der Waals surface area (Å²) in [4.78, 5) is 0. The van der Waals surface area contributed by atoms with Gasteiger partial charge in [0.25, 0.3) is 0 Å². The molecule has 0 unspecified atom stereocenters. The molecule has 0 saturated carbocycles. The molecule has 0 aliphatic heterocycles. The van der Waals surface area contributed by atoms with Crippen LogP contribution in [0.1, 0.15) is 5.56 Å². The molecule has 4 nitrogen and oxygen atoms in total. The fraction of sp³-hybridized carbons (Fsp3) is 0.143. The van der Waals surface area contributed by atoms with Gasteiger partial charge in [0.1, 0.15) is 5.75 Å². The van der Waals surface area contributed by atoms with E-state index in [1.807, 2.05) is 30.3 Å². The van der Waals surface area contributed by atoms with Gasteiger partial charge >= 0.3 is 10.5 Å². The van der Waals surface area contributed by atoms with E-state index in [-0.39, 0.29) is 5.75 Å². The molecule has 0 spiro atoms. The predicted molar refractivity (Wildman–Crippen MR) is 75.7 cm³/mol. The molecule has 106 valence electrons. The predicted octanol–water partition coefficient (Wildman–Crippen LogP) is 2.93. The Bertz CT molecular complexity index is 642. The van der Waals surface area contributed by atoms with E-state index in [1.165, 1.54) is 17.7 Å². The minimum atomic E-state index is -4.96. The molecule has 0 bridgehead atoms. The second-order valence-electron chi connectivity index (χ2n) is 4.16. The molecule has 0 amide bonds. The molecule has 0 aliphatic rings. The molecule has 2 rings (SSSR count). The lowest BCUT2D eigenvalue weighted by Gasteiger charge is -2.07. The van der Waals surface area contributed by atoms with Crippen LogP contribution in [0.5, 0.6) is 5.75 Å². The minimum absolute atomic E-state index is 0.0545. The average molecular weight is 295 g/mol. The Morgan fingerprint density at radius 3 is 2.25 bits per heavy atom. The van der Waals surface area contributed by atoms with E-state index < -0.39 is 10.5 Å². The van der Waals surface area contributed by atoms with Gasteiger partial charge in [-0.25, -0.2) is 0 Å². The van der Waals surface area contributed by atoms with Crippen LogP contribution in [0.25, 0.3) is 0 Å². The first-order valence-corrected chi connectivity index (χ1v) is 7.36. The molecule has 1 N–H and O–H groups in total. The van der Waals surface area contributed by atoms with Crippen molar-refractivity contribution in [1.29, 1.82) is 0 Å². The number of anilines is 1. The highest BCUT2D eigenvalue weighted by molar-refractivity contribution is 7.81. The normalized spacial score (nSPS) is 11.1. The van der Waals surface area contributed by atoms with Crippen LogP contribution in [0.15, 0.2) is 54.6 Å². The van der Waals surface area contributed by atoms with Crippen molar-refractivity contribution in [3.05, 3.63) is 60.2 Å². The van der Waals surface area contributed by atoms with E-state index >= 15 is 0 Å². The van der Waals surface area contributed by atoms with Crippen LogP contribution in [0.3, 0.4) is 0 Å². The minimum Gasteiger partial charge on any atom is -0.385 e. The summed E-state index contributed by atoms with van der Waals surface area (Å²) in [6.07, 6.45) is 0.873. The molecular formula is C14H14FNO3S. The van der Waals surface area contributed by atoms with E-state index in [2.05, 4.69) is 9.50 Å². The van der Waals surface area contributed by atoms with Crippen LogP contribution in [0.4, 0.5) is 9.57 Å². The van der Waals surface area contributed by atoms with Gasteiger partial charge in [0.05, 0.1) is 0 Å². The Hall–Kier alpha value is -2.08. The van der Waals surface area contributed by atoms with Gasteiger partial charge in [-0.05, 0) is 36.2 Å². The van der Waals surface area contributed by atoms with Crippen LogP contribution < -0.4 is 9.50 Å². The third-order valence-corrected chi connectivity index (χ3v) is 3.03. The molecule has 0 atom stereocenters. The number of hydrogen-bond donors (Lipinski definition) is 1. The average Bonchev–Trinajstić information content (AvgIpc) is 2.40. The van der Waals surface area contributed by atoms with Crippen molar-refractivity contribution in [2.45, 2.75) is 6.42 Å². The first-order valence-electron chi connectivity index (χ1n) is 6.05. The molecular weight excluding hydrogens is 281 g/mol. The molecule has 0 heterocycles. The summed E-state index contributed by atoms with van der Waals surface area (Å²) in [6.45, 7) is 0.742. The number of hydrogen-bond acceptors (Lipinski definition) is 4. The Morgan fingerprint density at radius 1 is 1.00 bits per heavy atom. The standard InChI is InChI=1S/C14H14FNO3S/c15-20(17,18)19-14-8-6-13(7-9-14)16-11-10-12-4-2-1-3-5-12/h1-9,16H,10-11H2. The van der Waals surface area contributed by atoms with E-state index in [4.69, 9.17) is 0 Å². The largest absolute Gasteiger partial charge is 0.488 e. The summed E-state index contributed by atoms with van der Waals surface area (Å²) in [5.74, 6) is -0.0545. The van der Waals surface area contributed by atoms with E-state index in [1.54, 1.807) is 12.1 Å². The van der Waals surface area contributed by atoms with Crippen LogP contribution in [0, 0.1) is 0 Å². The Balaban J connectivity index is 1.85. The molecule has 0 fully saturated rings. The maximum Gasteiger partial charge on any atom is 0.488 e. The maximum absolute atomic E-state index is 12.3. The summed E-state index contributed by atoms with van der Waals surface area (Å²) < 4.78 is 37.0. The quantitative estimate of drug-likeness (QED) is 0.833. The highest BCUT2D eigenvalue weighted by Crippen LogP contribution is 2.17. The van der Waals surface area contributed by atoms with Crippen molar-refractivity contribution < 1.29 is 16.5 Å². The summed E-state index contributed by atoms with van der Waals surface area (Å²) in [7, 11) is -4.96. The second-order valence-corrected chi connectivity index (χ2v) is 5.12. The smallest absolute Gasteiger partial charge is 0.385 e. The summed E-state index contributed by atoms with van der Waals surface area (Å²) in [5.41, 5.74) is 2.04. The molecule has 0 radical (unpaired) electrons. The molecule has 20 heavy (non-hydrogen) atoms. The van der Waals surface area contributed by atoms with Gasteiger partial charge in [-0.15, -0.1) is 0 Å². The Morgan fingerprint density at radius 2 is 1.65 bits per heavy atom. The van der Waals surface area contributed by atoms with Gasteiger partial charge in [-0.1, -0.05) is 34.2 Å². The Labute approximate surface area is 117 Å². The number of nitrogens with one attached hydrogen (secondary N) is 1. The molecule has 2 aromatic rings. The van der Waals surface area contributed by atoms with Crippen molar-refractivity contribution in [2.24, 2.45) is 0 Å². The first kappa shape index (κ1) is 14.3.